The average Bonchev–Trinajstić information content (AvgIpc) is 2.39. The maximum atomic E-state index is 11.5. The number of nitrogens with zero attached hydrogens (tertiary/aromatic N) is 1. The molecule has 0 rings (SSSR count). The van der Waals surface area contributed by atoms with E-state index < -0.39 is 0 Å². The standard InChI is InChI=1S/C16H27NO3/c1-13(2)15(18)17(5)11-9-7-6-8-10-12-20-16(19)14(3)4/h1,3,6-12H2,2,4-5H3. The van der Waals surface area contributed by atoms with Crippen molar-refractivity contribution in [3.63, 3.8) is 0 Å². The highest BCUT2D eigenvalue weighted by Gasteiger charge is 2.07. The van der Waals surface area contributed by atoms with Gasteiger partial charge in [-0.1, -0.05) is 32.4 Å². The molecule has 0 fully saturated rings. The highest BCUT2D eigenvalue weighted by molar-refractivity contribution is 5.91. The zero-order valence-electron chi connectivity index (χ0n) is 13.0. The SMILES string of the molecule is C=C(C)C(=O)OCCCCCCCN(C)C(=O)C(=C)C. The van der Waals surface area contributed by atoms with E-state index in [-0.39, 0.29) is 11.9 Å². The molecule has 0 aliphatic carbocycles. The molecule has 20 heavy (non-hydrogen) atoms. The lowest BCUT2D eigenvalue weighted by molar-refractivity contribution is -0.139. The smallest absolute Gasteiger partial charge is 0.333 e. The summed E-state index contributed by atoms with van der Waals surface area (Å²) in [6.45, 7) is 11.8. The van der Waals surface area contributed by atoms with E-state index in [0.717, 1.165) is 38.6 Å². The fourth-order valence-electron chi connectivity index (χ4n) is 1.70. The predicted molar refractivity (Wildman–Crippen MR) is 81.3 cm³/mol. The van der Waals surface area contributed by atoms with Crippen LogP contribution in [-0.4, -0.2) is 37.0 Å². The second kappa shape index (κ2) is 10.2. The molecular formula is C16H27NO3. The lowest BCUT2D eigenvalue weighted by Gasteiger charge is -2.16. The monoisotopic (exact) mass is 281 g/mol. The molecule has 0 unspecified atom stereocenters. The Bertz CT molecular complexity index is 361. The number of carbonyl (C=O) groups excluding carboxylic acids is 2. The Balaban J connectivity index is 3.46. The van der Waals surface area contributed by atoms with Crippen LogP contribution in [-0.2, 0) is 14.3 Å². The van der Waals surface area contributed by atoms with Crippen molar-refractivity contribution in [2.45, 2.75) is 46.0 Å². The summed E-state index contributed by atoms with van der Waals surface area (Å²) in [5.41, 5.74) is 1.02. The number of rotatable bonds is 10. The summed E-state index contributed by atoms with van der Waals surface area (Å²) < 4.78 is 5.00. The van der Waals surface area contributed by atoms with Gasteiger partial charge in [-0.2, -0.15) is 0 Å². The van der Waals surface area contributed by atoms with Gasteiger partial charge >= 0.3 is 5.97 Å². The summed E-state index contributed by atoms with van der Waals surface area (Å²) in [6, 6.07) is 0. The third-order valence-electron chi connectivity index (χ3n) is 2.93. The Labute approximate surface area is 122 Å². The summed E-state index contributed by atoms with van der Waals surface area (Å²) in [5, 5.41) is 0. The summed E-state index contributed by atoms with van der Waals surface area (Å²) in [4.78, 5) is 24.3. The van der Waals surface area contributed by atoms with Crippen LogP contribution in [0, 0.1) is 0 Å². The zero-order valence-corrected chi connectivity index (χ0v) is 13.0. The maximum Gasteiger partial charge on any atom is 0.333 e. The summed E-state index contributed by atoms with van der Waals surface area (Å²) in [7, 11) is 1.80. The molecule has 4 nitrogen and oxygen atoms in total. The molecule has 0 aromatic heterocycles. The van der Waals surface area contributed by atoms with Gasteiger partial charge in [0.1, 0.15) is 0 Å². The first-order valence-corrected chi connectivity index (χ1v) is 7.10. The predicted octanol–water partition coefficient (Wildman–Crippen LogP) is 3.09. The number of ether oxygens (including phenoxy) is 1. The molecule has 0 spiro atoms. The lowest BCUT2D eigenvalue weighted by atomic mass is 10.1. The van der Waals surface area contributed by atoms with Gasteiger partial charge in [-0.15, -0.1) is 0 Å². The first-order valence-electron chi connectivity index (χ1n) is 7.10. The molecule has 0 N–H and O–H groups in total. The van der Waals surface area contributed by atoms with Crippen molar-refractivity contribution in [2.24, 2.45) is 0 Å². The van der Waals surface area contributed by atoms with Gasteiger partial charge in [-0.05, 0) is 26.7 Å². The first kappa shape index (κ1) is 18.4. The van der Waals surface area contributed by atoms with Crippen molar-refractivity contribution in [2.75, 3.05) is 20.2 Å². The van der Waals surface area contributed by atoms with Crippen molar-refractivity contribution < 1.29 is 14.3 Å². The van der Waals surface area contributed by atoms with E-state index in [1.807, 2.05) is 0 Å². The molecule has 0 bridgehead atoms. The number of likely N-dealkylation sites (N-methyl/N-ethyl adjacent to an activating group) is 1. The highest BCUT2D eigenvalue weighted by Crippen LogP contribution is 2.06. The fraction of sp³-hybridized carbons (Fsp3) is 0.625. The largest absolute Gasteiger partial charge is 0.462 e. The minimum absolute atomic E-state index is 0.0108. The number of amides is 1. The van der Waals surface area contributed by atoms with E-state index in [0.29, 0.717) is 17.8 Å². The number of unbranched alkanes of at least 4 members (excludes halogenated alkanes) is 4. The molecule has 0 aromatic rings. The second-order valence-electron chi connectivity index (χ2n) is 5.19. The summed E-state index contributed by atoms with van der Waals surface area (Å²) >= 11 is 0. The van der Waals surface area contributed by atoms with E-state index in [1.165, 1.54) is 0 Å². The van der Waals surface area contributed by atoms with E-state index in [2.05, 4.69) is 13.2 Å². The van der Waals surface area contributed by atoms with Gasteiger partial charge in [0.15, 0.2) is 0 Å². The van der Waals surface area contributed by atoms with Crippen LogP contribution < -0.4 is 0 Å². The molecule has 4 heteroatoms. The van der Waals surface area contributed by atoms with Crippen LogP contribution in [0.3, 0.4) is 0 Å². The minimum Gasteiger partial charge on any atom is -0.462 e. The summed E-state index contributed by atoms with van der Waals surface area (Å²) in [5.74, 6) is -0.304. The van der Waals surface area contributed by atoms with Gasteiger partial charge in [0.25, 0.3) is 0 Å². The molecule has 114 valence electrons. The maximum absolute atomic E-state index is 11.5. The topological polar surface area (TPSA) is 46.6 Å². The second-order valence-corrected chi connectivity index (χ2v) is 5.19. The minimum atomic E-state index is -0.315. The molecule has 0 aliphatic heterocycles. The zero-order chi connectivity index (χ0) is 15.5. The fourth-order valence-corrected chi connectivity index (χ4v) is 1.70. The van der Waals surface area contributed by atoms with Gasteiger partial charge in [0.05, 0.1) is 6.61 Å². The van der Waals surface area contributed by atoms with Crippen LogP contribution in [0.25, 0.3) is 0 Å². The lowest BCUT2D eigenvalue weighted by Crippen LogP contribution is -2.27. The Morgan fingerprint density at radius 3 is 2.05 bits per heavy atom. The number of hydrogen-bond acceptors (Lipinski definition) is 3. The Hall–Kier alpha value is -1.58. The van der Waals surface area contributed by atoms with E-state index in [4.69, 9.17) is 4.74 Å². The van der Waals surface area contributed by atoms with Gasteiger partial charge in [-0.3, -0.25) is 4.79 Å². The quantitative estimate of drug-likeness (QED) is 0.351. The van der Waals surface area contributed by atoms with Gasteiger partial charge < -0.3 is 9.64 Å². The molecule has 0 aliphatic rings. The number of hydrogen-bond donors (Lipinski definition) is 0. The van der Waals surface area contributed by atoms with Crippen LogP contribution in [0.1, 0.15) is 46.0 Å². The van der Waals surface area contributed by atoms with Crippen molar-refractivity contribution in [3.05, 3.63) is 24.3 Å². The molecule has 0 aromatic carbocycles. The van der Waals surface area contributed by atoms with Crippen LogP contribution in [0.2, 0.25) is 0 Å². The van der Waals surface area contributed by atoms with Crippen molar-refractivity contribution in [1.29, 1.82) is 0 Å². The molecule has 1 amide bonds. The van der Waals surface area contributed by atoms with Crippen molar-refractivity contribution in [3.8, 4) is 0 Å². The van der Waals surface area contributed by atoms with E-state index in [9.17, 15) is 9.59 Å². The van der Waals surface area contributed by atoms with Gasteiger partial charge in [-0.25, -0.2) is 4.79 Å². The number of carbonyl (C=O) groups is 2. The Morgan fingerprint density at radius 1 is 0.950 bits per heavy atom. The van der Waals surface area contributed by atoms with Crippen molar-refractivity contribution >= 4 is 11.9 Å². The average molecular weight is 281 g/mol. The van der Waals surface area contributed by atoms with Crippen LogP contribution in [0.15, 0.2) is 24.3 Å². The van der Waals surface area contributed by atoms with Crippen molar-refractivity contribution in [1.82, 2.24) is 4.90 Å². The molecule has 0 saturated carbocycles. The molecule has 0 heterocycles. The van der Waals surface area contributed by atoms with Crippen LogP contribution in [0.5, 0.6) is 0 Å². The molecular weight excluding hydrogens is 254 g/mol. The molecule has 0 radical (unpaired) electrons. The first-order chi connectivity index (χ1) is 9.36. The van der Waals surface area contributed by atoms with Gasteiger partial charge in [0, 0.05) is 24.7 Å². The van der Waals surface area contributed by atoms with Crippen LogP contribution >= 0.6 is 0 Å². The normalized spacial score (nSPS) is 9.95. The third kappa shape index (κ3) is 8.51. The Morgan fingerprint density at radius 2 is 1.50 bits per heavy atom. The van der Waals surface area contributed by atoms with E-state index >= 15 is 0 Å². The van der Waals surface area contributed by atoms with E-state index in [1.54, 1.807) is 25.8 Å². The molecule has 0 atom stereocenters. The Kier molecular flexibility index (Phi) is 9.43. The van der Waals surface area contributed by atoms with Gasteiger partial charge in [0.2, 0.25) is 5.91 Å². The summed E-state index contributed by atoms with van der Waals surface area (Å²) in [6.07, 6.45) is 5.05. The number of esters is 1. The highest BCUT2D eigenvalue weighted by atomic mass is 16.5. The third-order valence-corrected chi connectivity index (χ3v) is 2.93. The molecule has 0 saturated heterocycles. The van der Waals surface area contributed by atoms with Crippen LogP contribution in [0.4, 0.5) is 0 Å².